The Morgan fingerprint density at radius 2 is 2.06 bits per heavy atom. The summed E-state index contributed by atoms with van der Waals surface area (Å²) in [6, 6.07) is 14.0. The monoisotopic (exact) mass is 496 g/mol. The molecule has 2 aromatic carbocycles. The normalized spacial score (nSPS) is 19.3. The highest BCUT2D eigenvalue weighted by molar-refractivity contribution is 5.83. The van der Waals surface area contributed by atoms with Crippen molar-refractivity contribution >= 4 is 16.9 Å². The van der Waals surface area contributed by atoms with Crippen molar-refractivity contribution in [3.8, 4) is 5.75 Å². The van der Waals surface area contributed by atoms with Gasteiger partial charge >= 0.3 is 5.97 Å². The van der Waals surface area contributed by atoms with E-state index < -0.39 is 12.1 Å². The van der Waals surface area contributed by atoms with Crippen molar-refractivity contribution < 1.29 is 23.4 Å². The number of aromatic nitrogens is 1. The van der Waals surface area contributed by atoms with Gasteiger partial charge in [0.25, 0.3) is 0 Å². The molecule has 0 unspecified atom stereocenters. The van der Waals surface area contributed by atoms with Crippen LogP contribution in [0.5, 0.6) is 5.75 Å². The summed E-state index contributed by atoms with van der Waals surface area (Å²) < 4.78 is 34.6. The van der Waals surface area contributed by atoms with Gasteiger partial charge in [-0.05, 0) is 98.5 Å². The molecule has 192 valence electrons. The minimum Gasteiger partial charge on any atom is -0.497 e. The van der Waals surface area contributed by atoms with Gasteiger partial charge in [-0.15, -0.1) is 0 Å². The van der Waals surface area contributed by atoms with Crippen LogP contribution in [0.1, 0.15) is 49.4 Å². The molecule has 0 saturated carbocycles. The van der Waals surface area contributed by atoms with Crippen molar-refractivity contribution in [3.05, 3.63) is 71.7 Å². The van der Waals surface area contributed by atoms with Gasteiger partial charge in [0, 0.05) is 24.5 Å². The number of aliphatic carboxylic acids is 1. The Hall–Kier alpha value is -3.06. The standard InChI is InChI=1S/C29H34F2N2O3/c1-36-23-9-11-28-25(18-23)24(12-14-32-28)27(31)10-8-20-13-16-33(19-22(20)17-29(34)35)15-4-6-21-5-2-3-7-26(21)30/h2-3,5,7,9,11-12,14,18,20,22,27H,4,6,8,10,13,15-17,19H2,1H3,(H,34,35)/t20-,22+,27-/m1/s1. The predicted octanol–water partition coefficient (Wildman–Crippen LogP) is 6.22. The van der Waals surface area contributed by atoms with Crippen LogP contribution in [0, 0.1) is 17.7 Å². The Morgan fingerprint density at radius 1 is 1.22 bits per heavy atom. The topological polar surface area (TPSA) is 62.7 Å². The first kappa shape index (κ1) is 26.0. The van der Waals surface area contributed by atoms with Crippen molar-refractivity contribution in [1.29, 1.82) is 0 Å². The fourth-order valence-electron chi connectivity index (χ4n) is 5.45. The zero-order valence-electron chi connectivity index (χ0n) is 20.7. The number of aryl methyl sites for hydroxylation is 1. The number of carboxylic acids is 1. The summed E-state index contributed by atoms with van der Waals surface area (Å²) in [7, 11) is 1.58. The molecule has 5 nitrogen and oxygen atoms in total. The van der Waals surface area contributed by atoms with E-state index in [-0.39, 0.29) is 24.1 Å². The largest absolute Gasteiger partial charge is 0.497 e. The zero-order chi connectivity index (χ0) is 25.5. The van der Waals surface area contributed by atoms with E-state index in [1.165, 1.54) is 6.07 Å². The molecular formula is C29H34F2N2O3. The lowest BCUT2D eigenvalue weighted by Gasteiger charge is -2.38. The highest BCUT2D eigenvalue weighted by atomic mass is 19.1. The third-order valence-electron chi connectivity index (χ3n) is 7.40. The lowest BCUT2D eigenvalue weighted by molar-refractivity contribution is -0.139. The van der Waals surface area contributed by atoms with Crippen LogP contribution in [-0.2, 0) is 11.2 Å². The van der Waals surface area contributed by atoms with Gasteiger partial charge in [0.2, 0.25) is 0 Å². The second-order valence-electron chi connectivity index (χ2n) is 9.73. The Kier molecular flexibility index (Phi) is 8.86. The number of benzene rings is 2. The van der Waals surface area contributed by atoms with E-state index in [0.717, 1.165) is 36.8 Å². The SMILES string of the molecule is COc1ccc2nccc([C@H](F)CC[C@@H]3CCN(CCCc4ccccc4F)C[C@@H]3CC(=O)O)c2c1. The van der Waals surface area contributed by atoms with Crippen molar-refractivity contribution in [2.75, 3.05) is 26.7 Å². The molecule has 36 heavy (non-hydrogen) atoms. The number of hydrogen-bond acceptors (Lipinski definition) is 4. The van der Waals surface area contributed by atoms with Crippen LogP contribution >= 0.6 is 0 Å². The Labute approximate surface area is 211 Å². The molecule has 4 rings (SSSR count). The molecule has 1 saturated heterocycles. The van der Waals surface area contributed by atoms with Gasteiger partial charge in [0.1, 0.15) is 17.7 Å². The Morgan fingerprint density at radius 3 is 2.83 bits per heavy atom. The number of rotatable bonds is 11. The molecule has 3 atom stereocenters. The number of fused-ring (bicyclic) bond motifs is 1. The maximum atomic E-state index is 15.5. The van der Waals surface area contributed by atoms with Gasteiger partial charge in [-0.2, -0.15) is 0 Å². The van der Waals surface area contributed by atoms with Crippen molar-refractivity contribution in [1.82, 2.24) is 9.88 Å². The fourth-order valence-corrected chi connectivity index (χ4v) is 5.45. The number of pyridine rings is 1. The van der Waals surface area contributed by atoms with Crippen molar-refractivity contribution in [2.24, 2.45) is 11.8 Å². The molecular weight excluding hydrogens is 462 g/mol. The number of likely N-dealkylation sites (tertiary alicyclic amines) is 1. The highest BCUT2D eigenvalue weighted by Gasteiger charge is 2.31. The van der Waals surface area contributed by atoms with Gasteiger partial charge < -0.3 is 14.7 Å². The van der Waals surface area contributed by atoms with E-state index in [0.29, 0.717) is 42.7 Å². The predicted molar refractivity (Wildman–Crippen MR) is 136 cm³/mol. The minimum atomic E-state index is -1.16. The molecule has 1 fully saturated rings. The highest BCUT2D eigenvalue weighted by Crippen LogP contribution is 2.36. The molecule has 2 heterocycles. The van der Waals surface area contributed by atoms with E-state index in [1.54, 1.807) is 25.4 Å². The summed E-state index contributed by atoms with van der Waals surface area (Å²) in [4.78, 5) is 18.2. The molecule has 0 bridgehead atoms. The first-order valence-corrected chi connectivity index (χ1v) is 12.7. The third-order valence-corrected chi connectivity index (χ3v) is 7.40. The third kappa shape index (κ3) is 6.58. The van der Waals surface area contributed by atoms with Crippen LogP contribution in [0.4, 0.5) is 8.78 Å². The molecule has 3 aromatic rings. The van der Waals surface area contributed by atoms with E-state index in [2.05, 4.69) is 9.88 Å². The summed E-state index contributed by atoms with van der Waals surface area (Å²) in [5.41, 5.74) is 2.03. The van der Waals surface area contributed by atoms with E-state index in [9.17, 15) is 14.3 Å². The van der Waals surface area contributed by atoms with Crippen LogP contribution in [0.3, 0.4) is 0 Å². The number of ether oxygens (including phenoxy) is 1. The van der Waals surface area contributed by atoms with Crippen molar-refractivity contribution in [2.45, 2.75) is 44.7 Å². The first-order chi connectivity index (χ1) is 17.4. The Bertz CT molecular complexity index is 1170. The van der Waals surface area contributed by atoms with E-state index in [1.807, 2.05) is 30.3 Å². The molecule has 1 aliphatic rings. The van der Waals surface area contributed by atoms with Gasteiger partial charge in [0.15, 0.2) is 0 Å². The number of hydrogen-bond donors (Lipinski definition) is 1. The van der Waals surface area contributed by atoms with E-state index >= 15 is 4.39 Å². The average molecular weight is 497 g/mol. The molecule has 0 spiro atoms. The van der Waals surface area contributed by atoms with E-state index in [4.69, 9.17) is 4.74 Å². The summed E-state index contributed by atoms with van der Waals surface area (Å²) in [6.07, 6.45) is 3.84. The number of halogens is 2. The Balaban J connectivity index is 1.35. The molecule has 0 amide bonds. The maximum Gasteiger partial charge on any atom is 0.303 e. The smallest absolute Gasteiger partial charge is 0.303 e. The number of carboxylic acid groups (broad SMARTS) is 1. The quantitative estimate of drug-likeness (QED) is 0.342. The molecule has 1 N–H and O–H groups in total. The van der Waals surface area contributed by atoms with Crippen LogP contribution in [-0.4, -0.2) is 47.7 Å². The second kappa shape index (κ2) is 12.3. The zero-order valence-corrected chi connectivity index (χ0v) is 20.7. The molecule has 0 aliphatic carbocycles. The first-order valence-electron chi connectivity index (χ1n) is 12.7. The van der Waals surface area contributed by atoms with Gasteiger partial charge in [0.05, 0.1) is 12.6 Å². The number of piperidine rings is 1. The minimum absolute atomic E-state index is 0.0220. The summed E-state index contributed by atoms with van der Waals surface area (Å²) in [6.45, 7) is 2.33. The number of alkyl halides is 1. The van der Waals surface area contributed by atoms with Gasteiger partial charge in [-0.3, -0.25) is 9.78 Å². The summed E-state index contributed by atoms with van der Waals surface area (Å²) in [5.74, 6) is -0.202. The number of carbonyl (C=O) groups is 1. The maximum absolute atomic E-state index is 15.5. The molecule has 1 aromatic heterocycles. The van der Waals surface area contributed by atoms with Crippen molar-refractivity contribution in [3.63, 3.8) is 0 Å². The lowest BCUT2D eigenvalue weighted by Crippen LogP contribution is -2.42. The fraction of sp³-hybridized carbons (Fsp3) is 0.448. The van der Waals surface area contributed by atoms with Crippen LogP contribution < -0.4 is 4.74 Å². The van der Waals surface area contributed by atoms with Crippen LogP contribution in [0.2, 0.25) is 0 Å². The summed E-state index contributed by atoms with van der Waals surface area (Å²) >= 11 is 0. The molecule has 1 aliphatic heterocycles. The van der Waals surface area contributed by atoms with Gasteiger partial charge in [-0.1, -0.05) is 18.2 Å². The number of methoxy groups -OCH3 is 1. The molecule has 7 heteroatoms. The summed E-state index contributed by atoms with van der Waals surface area (Å²) in [5, 5.41) is 10.2. The van der Waals surface area contributed by atoms with Crippen LogP contribution in [0.25, 0.3) is 10.9 Å². The van der Waals surface area contributed by atoms with Gasteiger partial charge in [-0.25, -0.2) is 8.78 Å². The average Bonchev–Trinajstić information content (AvgIpc) is 2.88. The second-order valence-corrected chi connectivity index (χ2v) is 9.73. The lowest BCUT2D eigenvalue weighted by atomic mass is 9.79. The van der Waals surface area contributed by atoms with Crippen LogP contribution in [0.15, 0.2) is 54.7 Å². The number of nitrogens with zero attached hydrogens (tertiary/aromatic N) is 2. The molecule has 0 radical (unpaired) electrons.